The average Bonchev–Trinajstić information content (AvgIpc) is 2.80. The molecular formula is C11H15NO4S2. The number of hydrogen-bond donors (Lipinski definition) is 2. The van der Waals surface area contributed by atoms with Crippen molar-refractivity contribution in [3.63, 3.8) is 0 Å². The first-order valence-corrected chi connectivity index (χ1v) is 7.69. The molecule has 0 unspecified atom stereocenters. The minimum absolute atomic E-state index is 0.0496. The van der Waals surface area contributed by atoms with Gasteiger partial charge in [0.15, 0.2) is 0 Å². The maximum atomic E-state index is 11.5. The van der Waals surface area contributed by atoms with Crippen molar-refractivity contribution in [3.05, 3.63) is 21.9 Å². The first-order chi connectivity index (χ1) is 8.57. The summed E-state index contributed by atoms with van der Waals surface area (Å²) in [5.74, 6) is 5.26. The predicted molar refractivity (Wildman–Crippen MR) is 70.8 cm³/mol. The van der Waals surface area contributed by atoms with Gasteiger partial charge in [-0.3, -0.25) is 0 Å². The SMILES string of the molecule is COCCS(=O)(=O)NCc1ccc(C#CCO)s1. The molecule has 100 valence electrons. The Hall–Kier alpha value is -0.910. The Morgan fingerprint density at radius 1 is 1.50 bits per heavy atom. The summed E-state index contributed by atoms with van der Waals surface area (Å²) in [5, 5.41) is 8.55. The van der Waals surface area contributed by atoms with Crippen LogP contribution in [0.15, 0.2) is 12.1 Å². The van der Waals surface area contributed by atoms with Crippen LogP contribution < -0.4 is 4.72 Å². The van der Waals surface area contributed by atoms with E-state index in [1.165, 1.54) is 18.4 Å². The fourth-order valence-electron chi connectivity index (χ4n) is 1.11. The van der Waals surface area contributed by atoms with Crippen LogP contribution in [0, 0.1) is 11.8 Å². The highest BCUT2D eigenvalue weighted by Crippen LogP contribution is 2.15. The lowest BCUT2D eigenvalue weighted by molar-refractivity contribution is 0.217. The van der Waals surface area contributed by atoms with Crippen LogP contribution in [0.2, 0.25) is 0 Å². The molecule has 18 heavy (non-hydrogen) atoms. The summed E-state index contributed by atoms with van der Waals surface area (Å²) in [6.07, 6.45) is 0. The van der Waals surface area contributed by atoms with Gasteiger partial charge in [0.05, 0.1) is 17.2 Å². The number of aliphatic hydroxyl groups excluding tert-OH is 1. The highest BCUT2D eigenvalue weighted by atomic mass is 32.2. The lowest BCUT2D eigenvalue weighted by Crippen LogP contribution is -2.27. The number of sulfonamides is 1. The number of methoxy groups -OCH3 is 1. The van der Waals surface area contributed by atoms with Crippen LogP contribution in [0.1, 0.15) is 9.75 Å². The fraction of sp³-hybridized carbons (Fsp3) is 0.455. The number of rotatable bonds is 6. The van der Waals surface area contributed by atoms with Gasteiger partial charge in [-0.25, -0.2) is 13.1 Å². The highest BCUT2D eigenvalue weighted by Gasteiger charge is 2.09. The molecule has 1 aromatic heterocycles. The molecule has 0 atom stereocenters. The smallest absolute Gasteiger partial charge is 0.214 e. The highest BCUT2D eigenvalue weighted by molar-refractivity contribution is 7.89. The molecule has 0 radical (unpaired) electrons. The molecule has 1 rings (SSSR count). The largest absolute Gasteiger partial charge is 0.384 e. The zero-order valence-corrected chi connectivity index (χ0v) is 11.6. The van der Waals surface area contributed by atoms with Gasteiger partial charge in [0, 0.05) is 18.5 Å². The maximum absolute atomic E-state index is 11.5. The third kappa shape index (κ3) is 5.62. The van der Waals surface area contributed by atoms with Gasteiger partial charge in [-0.2, -0.15) is 0 Å². The summed E-state index contributed by atoms with van der Waals surface area (Å²) in [5.41, 5.74) is 0. The van der Waals surface area contributed by atoms with Crippen molar-refractivity contribution >= 4 is 21.4 Å². The van der Waals surface area contributed by atoms with Gasteiger partial charge >= 0.3 is 0 Å². The molecule has 2 N–H and O–H groups in total. The van der Waals surface area contributed by atoms with Crippen LogP contribution >= 0.6 is 11.3 Å². The van der Waals surface area contributed by atoms with E-state index < -0.39 is 10.0 Å². The molecule has 7 heteroatoms. The molecule has 0 amide bonds. The molecule has 0 saturated carbocycles. The Balaban J connectivity index is 2.51. The van der Waals surface area contributed by atoms with Crippen molar-refractivity contribution in [2.45, 2.75) is 6.54 Å². The first kappa shape index (κ1) is 15.1. The zero-order chi connectivity index (χ0) is 13.4. The average molecular weight is 289 g/mol. The normalized spacial score (nSPS) is 11.0. The summed E-state index contributed by atoms with van der Waals surface area (Å²) in [4.78, 5) is 1.67. The van der Waals surface area contributed by atoms with Crippen molar-refractivity contribution in [3.8, 4) is 11.8 Å². The van der Waals surface area contributed by atoms with E-state index in [1.807, 2.05) is 6.07 Å². The topological polar surface area (TPSA) is 75.6 Å². The Kier molecular flexibility index (Phi) is 6.32. The zero-order valence-electron chi connectivity index (χ0n) is 9.97. The molecule has 5 nitrogen and oxygen atoms in total. The summed E-state index contributed by atoms with van der Waals surface area (Å²) >= 11 is 1.39. The van der Waals surface area contributed by atoms with Crippen LogP contribution in [-0.2, 0) is 21.3 Å². The maximum Gasteiger partial charge on any atom is 0.214 e. The Morgan fingerprint density at radius 3 is 2.94 bits per heavy atom. The van der Waals surface area contributed by atoms with E-state index in [-0.39, 0.29) is 25.5 Å². The fourth-order valence-corrected chi connectivity index (χ4v) is 2.93. The second-order valence-corrected chi connectivity index (χ2v) is 6.45. The second kappa shape index (κ2) is 7.51. The van der Waals surface area contributed by atoms with Gasteiger partial charge in [-0.05, 0) is 12.1 Å². The molecule has 0 spiro atoms. The van der Waals surface area contributed by atoms with Crippen LogP contribution in [0.4, 0.5) is 0 Å². The monoisotopic (exact) mass is 289 g/mol. The number of thiophene rings is 1. The summed E-state index contributed by atoms with van der Waals surface area (Å²) < 4.78 is 30.2. The Morgan fingerprint density at radius 2 is 2.28 bits per heavy atom. The summed E-state index contributed by atoms with van der Waals surface area (Å²) in [6.45, 7) is 0.237. The lowest BCUT2D eigenvalue weighted by atomic mass is 10.4. The van der Waals surface area contributed by atoms with Crippen molar-refractivity contribution in [2.24, 2.45) is 0 Å². The third-order valence-electron chi connectivity index (χ3n) is 1.97. The molecule has 0 fully saturated rings. The molecular weight excluding hydrogens is 274 g/mol. The number of nitrogens with one attached hydrogen (secondary N) is 1. The molecule has 1 aromatic rings. The number of aliphatic hydroxyl groups is 1. The van der Waals surface area contributed by atoms with Crippen molar-refractivity contribution < 1.29 is 18.3 Å². The van der Waals surface area contributed by atoms with Gasteiger partial charge in [-0.1, -0.05) is 11.8 Å². The Labute approximate surface area is 111 Å². The third-order valence-corrected chi connectivity index (χ3v) is 4.26. The lowest BCUT2D eigenvalue weighted by Gasteiger charge is -2.04. The van der Waals surface area contributed by atoms with E-state index in [1.54, 1.807) is 6.07 Å². The number of hydrogen-bond acceptors (Lipinski definition) is 5. The van der Waals surface area contributed by atoms with Gasteiger partial charge < -0.3 is 9.84 Å². The number of ether oxygens (including phenoxy) is 1. The molecule has 0 aliphatic carbocycles. The molecule has 0 aliphatic rings. The quantitative estimate of drug-likeness (QED) is 0.731. The predicted octanol–water partition coefficient (Wildman–Crippen LogP) is 0.158. The summed E-state index contributed by atoms with van der Waals surface area (Å²) in [6, 6.07) is 3.61. The van der Waals surface area contributed by atoms with Gasteiger partial charge in [0.1, 0.15) is 6.61 Å². The van der Waals surface area contributed by atoms with E-state index in [9.17, 15) is 8.42 Å². The minimum atomic E-state index is -3.29. The van der Waals surface area contributed by atoms with Crippen LogP contribution in [0.5, 0.6) is 0 Å². The van der Waals surface area contributed by atoms with Crippen LogP contribution in [0.25, 0.3) is 0 Å². The van der Waals surface area contributed by atoms with Gasteiger partial charge in [0.2, 0.25) is 10.0 Å². The van der Waals surface area contributed by atoms with Crippen LogP contribution in [-0.4, -0.2) is 39.6 Å². The van der Waals surface area contributed by atoms with Crippen molar-refractivity contribution in [2.75, 3.05) is 26.1 Å². The van der Waals surface area contributed by atoms with E-state index >= 15 is 0 Å². The standard InChI is InChI=1S/C11H15NO4S2/c1-16-7-8-18(14,15)12-9-11-5-4-10(17-11)3-2-6-13/h4-5,12-13H,6-9H2,1H3. The van der Waals surface area contributed by atoms with Crippen molar-refractivity contribution in [1.82, 2.24) is 4.72 Å². The molecule has 1 heterocycles. The first-order valence-electron chi connectivity index (χ1n) is 5.22. The van der Waals surface area contributed by atoms with E-state index in [0.29, 0.717) is 0 Å². The molecule has 0 saturated heterocycles. The Bertz CT molecular complexity index is 525. The summed E-state index contributed by atoms with van der Waals surface area (Å²) in [7, 11) is -1.83. The van der Waals surface area contributed by atoms with Gasteiger partial charge in [-0.15, -0.1) is 11.3 Å². The molecule has 0 aliphatic heterocycles. The second-order valence-electron chi connectivity index (χ2n) is 3.36. The van der Waals surface area contributed by atoms with Gasteiger partial charge in [0.25, 0.3) is 0 Å². The molecule has 0 bridgehead atoms. The minimum Gasteiger partial charge on any atom is -0.384 e. The van der Waals surface area contributed by atoms with Crippen molar-refractivity contribution in [1.29, 1.82) is 0 Å². The van der Waals surface area contributed by atoms with Crippen LogP contribution in [0.3, 0.4) is 0 Å². The van der Waals surface area contributed by atoms with E-state index in [4.69, 9.17) is 9.84 Å². The molecule has 0 aromatic carbocycles. The van der Waals surface area contributed by atoms with E-state index in [2.05, 4.69) is 16.6 Å². The van der Waals surface area contributed by atoms with E-state index in [0.717, 1.165) is 9.75 Å².